The number of amides is 1. The number of nitrogens with zero attached hydrogens (tertiary/aromatic N) is 2. The number of methoxy groups -OCH3 is 1. The van der Waals surface area contributed by atoms with Crippen molar-refractivity contribution >= 4 is 27.8 Å². The number of carbonyl (C=O) groups excluding carboxylic acids is 1. The van der Waals surface area contributed by atoms with Crippen LogP contribution in [0.15, 0.2) is 84.0 Å². The van der Waals surface area contributed by atoms with Crippen LogP contribution in [-0.2, 0) is 21.4 Å². The summed E-state index contributed by atoms with van der Waals surface area (Å²) in [4.78, 5) is 12.7. The van der Waals surface area contributed by atoms with Crippen LogP contribution in [0.1, 0.15) is 18.1 Å². The molecule has 0 heterocycles. The van der Waals surface area contributed by atoms with E-state index in [-0.39, 0.29) is 0 Å². The molecule has 0 saturated heterocycles. The largest absolute Gasteiger partial charge is 0.497 e. The van der Waals surface area contributed by atoms with Crippen LogP contribution in [0.2, 0.25) is 0 Å². The maximum atomic E-state index is 12.7. The van der Waals surface area contributed by atoms with Gasteiger partial charge in [0.2, 0.25) is 10.0 Å². The van der Waals surface area contributed by atoms with Gasteiger partial charge in [-0.05, 0) is 48.9 Å². The molecule has 0 aromatic heterocycles. The molecule has 8 nitrogen and oxygen atoms in total. The van der Waals surface area contributed by atoms with Crippen molar-refractivity contribution in [2.45, 2.75) is 19.6 Å². The van der Waals surface area contributed by atoms with Gasteiger partial charge in [0.15, 0.2) is 0 Å². The van der Waals surface area contributed by atoms with Gasteiger partial charge in [0.25, 0.3) is 5.91 Å². The number of carbonyl (C=O) groups is 1. The van der Waals surface area contributed by atoms with E-state index in [9.17, 15) is 13.2 Å². The molecule has 34 heavy (non-hydrogen) atoms. The summed E-state index contributed by atoms with van der Waals surface area (Å²) in [6, 6.07) is 22.4. The maximum Gasteiger partial charge on any atom is 0.263 e. The predicted molar refractivity (Wildman–Crippen MR) is 133 cm³/mol. The quantitative estimate of drug-likeness (QED) is 0.353. The molecule has 0 bridgehead atoms. The third-order valence-electron chi connectivity index (χ3n) is 4.95. The van der Waals surface area contributed by atoms with Gasteiger partial charge in [-0.3, -0.25) is 9.10 Å². The number of para-hydroxylation sites is 1. The minimum absolute atomic E-state index is 0.342. The zero-order valence-corrected chi connectivity index (χ0v) is 20.0. The van der Waals surface area contributed by atoms with Crippen molar-refractivity contribution in [2.75, 3.05) is 17.7 Å². The fourth-order valence-corrected chi connectivity index (χ4v) is 4.43. The summed E-state index contributed by atoms with van der Waals surface area (Å²) in [7, 11) is -2.22. The lowest BCUT2D eigenvalue weighted by molar-refractivity contribution is -0.121. The Labute approximate surface area is 199 Å². The highest BCUT2D eigenvalue weighted by molar-refractivity contribution is 7.92. The first-order valence-electron chi connectivity index (χ1n) is 10.5. The van der Waals surface area contributed by atoms with Crippen molar-refractivity contribution < 1.29 is 22.7 Å². The number of sulfonamides is 1. The smallest absolute Gasteiger partial charge is 0.263 e. The normalized spacial score (nSPS) is 12.2. The molecule has 1 N–H and O–H groups in total. The van der Waals surface area contributed by atoms with E-state index >= 15 is 0 Å². The fourth-order valence-electron chi connectivity index (χ4n) is 3.25. The topological polar surface area (TPSA) is 97.3 Å². The number of hydrogen-bond acceptors (Lipinski definition) is 6. The predicted octanol–water partition coefficient (Wildman–Crippen LogP) is 3.58. The Kier molecular flexibility index (Phi) is 8.26. The molecule has 1 atom stereocenters. The molecular weight excluding hydrogens is 454 g/mol. The molecule has 0 spiro atoms. The number of nitrogens with one attached hydrogen (secondary N) is 1. The Balaban J connectivity index is 1.69. The second-order valence-electron chi connectivity index (χ2n) is 7.48. The Morgan fingerprint density at radius 3 is 2.32 bits per heavy atom. The van der Waals surface area contributed by atoms with Crippen molar-refractivity contribution in [3.63, 3.8) is 0 Å². The van der Waals surface area contributed by atoms with Gasteiger partial charge in [0.05, 0.1) is 25.3 Å². The number of anilines is 1. The molecular formula is C25H27N3O5S. The summed E-state index contributed by atoms with van der Waals surface area (Å²) in [6.07, 6.45) is 2.51. The van der Waals surface area contributed by atoms with E-state index in [0.29, 0.717) is 29.4 Å². The van der Waals surface area contributed by atoms with Gasteiger partial charge in [-0.25, -0.2) is 13.8 Å². The molecule has 178 valence electrons. The molecule has 3 aromatic rings. The molecule has 1 unspecified atom stereocenters. The van der Waals surface area contributed by atoms with Crippen molar-refractivity contribution in [1.29, 1.82) is 0 Å². The number of hydrazone groups is 1. The summed E-state index contributed by atoms with van der Waals surface area (Å²) in [6.45, 7) is 1.88. The average Bonchev–Trinajstić information content (AvgIpc) is 2.83. The Morgan fingerprint density at radius 2 is 1.68 bits per heavy atom. The van der Waals surface area contributed by atoms with Crippen LogP contribution in [0.4, 0.5) is 5.69 Å². The summed E-state index contributed by atoms with van der Waals surface area (Å²) >= 11 is 0. The van der Waals surface area contributed by atoms with E-state index in [0.717, 1.165) is 16.1 Å². The van der Waals surface area contributed by atoms with Crippen molar-refractivity contribution in [1.82, 2.24) is 5.43 Å². The minimum atomic E-state index is -3.74. The first kappa shape index (κ1) is 24.8. The standard InChI is InChI=1S/C25H27N3O5S/c1-19(28(34(3,30)31)22-13-15-23(32-2)16-14-22)25(29)27-26-17-21-11-7-8-12-24(21)33-18-20-9-5-4-6-10-20/h4-17,19H,18H2,1-3H3,(H,27,29). The summed E-state index contributed by atoms with van der Waals surface area (Å²) < 4.78 is 36.9. The van der Waals surface area contributed by atoms with Gasteiger partial charge in [-0.2, -0.15) is 5.10 Å². The molecule has 0 aliphatic rings. The number of benzene rings is 3. The molecule has 9 heteroatoms. The first-order valence-corrected chi connectivity index (χ1v) is 12.4. The third-order valence-corrected chi connectivity index (χ3v) is 6.19. The lowest BCUT2D eigenvalue weighted by atomic mass is 10.2. The number of rotatable bonds is 10. The van der Waals surface area contributed by atoms with Gasteiger partial charge in [-0.1, -0.05) is 42.5 Å². The van der Waals surface area contributed by atoms with Gasteiger partial charge >= 0.3 is 0 Å². The lowest BCUT2D eigenvalue weighted by Gasteiger charge is -2.27. The van der Waals surface area contributed by atoms with Crippen LogP contribution < -0.4 is 19.2 Å². The van der Waals surface area contributed by atoms with E-state index in [1.54, 1.807) is 30.3 Å². The second-order valence-corrected chi connectivity index (χ2v) is 9.34. The molecule has 3 aromatic carbocycles. The monoisotopic (exact) mass is 481 g/mol. The highest BCUT2D eigenvalue weighted by Gasteiger charge is 2.29. The maximum absolute atomic E-state index is 12.7. The van der Waals surface area contributed by atoms with Crippen molar-refractivity contribution in [2.24, 2.45) is 5.10 Å². The van der Waals surface area contributed by atoms with Crippen LogP contribution in [-0.4, -0.2) is 39.9 Å². The third kappa shape index (κ3) is 6.58. The molecule has 0 aliphatic carbocycles. The van der Waals surface area contributed by atoms with E-state index in [1.807, 2.05) is 48.5 Å². The van der Waals surface area contributed by atoms with Crippen LogP contribution in [0, 0.1) is 0 Å². The Bertz CT molecular complexity index is 1230. The van der Waals surface area contributed by atoms with Gasteiger partial charge < -0.3 is 9.47 Å². The van der Waals surface area contributed by atoms with Crippen LogP contribution in [0.5, 0.6) is 11.5 Å². The van der Waals surface area contributed by atoms with E-state index in [4.69, 9.17) is 9.47 Å². The van der Waals surface area contributed by atoms with Gasteiger partial charge in [-0.15, -0.1) is 0 Å². The highest BCUT2D eigenvalue weighted by Crippen LogP contribution is 2.24. The number of hydrogen-bond donors (Lipinski definition) is 1. The summed E-state index contributed by atoms with van der Waals surface area (Å²) in [5.74, 6) is 0.598. The molecule has 3 rings (SSSR count). The van der Waals surface area contributed by atoms with Crippen LogP contribution in [0.25, 0.3) is 0 Å². The molecule has 0 fully saturated rings. The Morgan fingerprint density at radius 1 is 1.03 bits per heavy atom. The zero-order valence-electron chi connectivity index (χ0n) is 19.2. The lowest BCUT2D eigenvalue weighted by Crippen LogP contribution is -2.46. The SMILES string of the molecule is COc1ccc(N(C(C)C(=O)NN=Cc2ccccc2OCc2ccccc2)S(C)(=O)=O)cc1. The average molecular weight is 482 g/mol. The minimum Gasteiger partial charge on any atom is -0.497 e. The molecule has 0 radical (unpaired) electrons. The highest BCUT2D eigenvalue weighted by atomic mass is 32.2. The van der Waals surface area contributed by atoms with Crippen molar-refractivity contribution in [3.05, 3.63) is 90.0 Å². The van der Waals surface area contributed by atoms with Crippen LogP contribution in [0.3, 0.4) is 0 Å². The number of ether oxygens (including phenoxy) is 2. The van der Waals surface area contributed by atoms with Crippen molar-refractivity contribution in [3.8, 4) is 11.5 Å². The van der Waals surface area contributed by atoms with E-state index in [2.05, 4.69) is 10.5 Å². The Hall–Kier alpha value is -3.85. The van der Waals surface area contributed by atoms with Gasteiger partial charge in [0, 0.05) is 5.56 Å². The van der Waals surface area contributed by atoms with Gasteiger partial charge in [0.1, 0.15) is 24.1 Å². The first-order chi connectivity index (χ1) is 16.3. The van der Waals surface area contributed by atoms with Crippen LogP contribution >= 0.6 is 0 Å². The fraction of sp³-hybridized carbons (Fsp3) is 0.200. The molecule has 1 amide bonds. The molecule has 0 saturated carbocycles. The van der Waals surface area contributed by atoms with E-state index in [1.165, 1.54) is 20.2 Å². The molecule has 0 aliphatic heterocycles. The summed E-state index contributed by atoms with van der Waals surface area (Å²) in [5, 5.41) is 4.02. The van der Waals surface area contributed by atoms with E-state index < -0.39 is 22.0 Å². The summed E-state index contributed by atoms with van der Waals surface area (Å²) in [5.41, 5.74) is 4.46. The zero-order chi connectivity index (χ0) is 24.6. The second kappa shape index (κ2) is 11.3.